The Hall–Kier alpha value is -2.62. The number of carbonyl (C=O) groups excluding carboxylic acids is 2. The normalized spacial score (nSPS) is 10.9. The maximum Gasteiger partial charge on any atom is 0.271 e. The van der Waals surface area contributed by atoms with E-state index in [4.69, 9.17) is 9.47 Å². The maximum atomic E-state index is 12.2. The molecular formula is C19H20IN3O4. The summed E-state index contributed by atoms with van der Waals surface area (Å²) in [5, 5.41) is 6.74. The molecule has 0 fully saturated rings. The number of halogens is 1. The molecule has 0 unspecified atom stereocenters. The van der Waals surface area contributed by atoms with Crippen molar-refractivity contribution in [2.45, 2.75) is 13.3 Å². The van der Waals surface area contributed by atoms with Crippen molar-refractivity contribution in [3.05, 3.63) is 51.6 Å². The van der Waals surface area contributed by atoms with Crippen LogP contribution in [0, 0.1) is 3.57 Å². The van der Waals surface area contributed by atoms with E-state index in [1.807, 2.05) is 6.07 Å². The highest BCUT2D eigenvalue weighted by Gasteiger charge is 2.11. The van der Waals surface area contributed by atoms with E-state index in [-0.39, 0.29) is 18.2 Å². The third-order valence-corrected chi connectivity index (χ3v) is 4.21. The molecule has 0 heterocycles. The predicted octanol–water partition coefficient (Wildman–Crippen LogP) is 3.44. The largest absolute Gasteiger partial charge is 0.497 e. The van der Waals surface area contributed by atoms with Crippen LogP contribution in [0.2, 0.25) is 0 Å². The summed E-state index contributed by atoms with van der Waals surface area (Å²) in [6, 6.07) is 12.2. The lowest BCUT2D eigenvalue weighted by Gasteiger charge is -2.11. The van der Waals surface area contributed by atoms with E-state index >= 15 is 0 Å². The van der Waals surface area contributed by atoms with E-state index in [1.54, 1.807) is 50.4 Å². The van der Waals surface area contributed by atoms with Crippen LogP contribution in [0.4, 0.5) is 5.69 Å². The maximum absolute atomic E-state index is 12.2. The molecule has 0 spiro atoms. The average Bonchev–Trinajstić information content (AvgIpc) is 2.66. The highest BCUT2D eigenvalue weighted by atomic mass is 127. The molecule has 0 aliphatic rings. The van der Waals surface area contributed by atoms with Crippen LogP contribution in [-0.2, 0) is 4.79 Å². The zero-order valence-electron chi connectivity index (χ0n) is 15.2. The highest BCUT2D eigenvalue weighted by Crippen LogP contribution is 2.29. The third-order valence-electron chi connectivity index (χ3n) is 3.53. The minimum atomic E-state index is -0.329. The number of carbonyl (C=O) groups is 2. The van der Waals surface area contributed by atoms with E-state index in [1.165, 1.54) is 7.11 Å². The number of ether oxygens (including phenoxy) is 2. The summed E-state index contributed by atoms with van der Waals surface area (Å²) in [5.41, 5.74) is 3.96. The Bertz CT molecular complexity index is 868. The lowest BCUT2D eigenvalue weighted by molar-refractivity contribution is -0.115. The lowest BCUT2D eigenvalue weighted by atomic mass is 10.2. The number of benzene rings is 2. The van der Waals surface area contributed by atoms with Crippen molar-refractivity contribution in [2.24, 2.45) is 5.10 Å². The first-order chi connectivity index (χ1) is 12.9. The van der Waals surface area contributed by atoms with Crippen LogP contribution in [-0.4, -0.2) is 31.7 Å². The Morgan fingerprint density at radius 2 is 1.89 bits per heavy atom. The second-order valence-electron chi connectivity index (χ2n) is 5.59. The van der Waals surface area contributed by atoms with Crippen molar-refractivity contribution in [3.63, 3.8) is 0 Å². The van der Waals surface area contributed by atoms with E-state index < -0.39 is 0 Å². The molecule has 0 aliphatic carbocycles. The molecule has 0 atom stereocenters. The Balaban J connectivity index is 1.95. The van der Waals surface area contributed by atoms with Crippen LogP contribution in [0.25, 0.3) is 0 Å². The number of rotatable bonds is 7. The molecule has 2 amide bonds. The molecule has 0 radical (unpaired) electrons. The molecule has 0 aliphatic heterocycles. The Labute approximate surface area is 171 Å². The molecule has 27 heavy (non-hydrogen) atoms. The van der Waals surface area contributed by atoms with Gasteiger partial charge in [0, 0.05) is 20.9 Å². The summed E-state index contributed by atoms with van der Waals surface area (Å²) in [5.74, 6) is 0.512. The summed E-state index contributed by atoms with van der Waals surface area (Å²) in [7, 11) is 3.06. The first-order valence-electron chi connectivity index (χ1n) is 8.04. The molecule has 7 nitrogen and oxygen atoms in total. The summed E-state index contributed by atoms with van der Waals surface area (Å²) < 4.78 is 11.3. The fourth-order valence-electron chi connectivity index (χ4n) is 2.21. The van der Waals surface area contributed by atoms with Crippen molar-refractivity contribution in [2.75, 3.05) is 19.5 Å². The molecule has 2 aromatic rings. The van der Waals surface area contributed by atoms with E-state index in [0.717, 1.165) is 3.57 Å². The SMILES string of the molecule is COc1ccc(NC(=O)C/C(C)=N/NC(=O)c2cccc(I)c2)c(OC)c1. The first-order valence-corrected chi connectivity index (χ1v) is 9.11. The van der Waals surface area contributed by atoms with Crippen molar-refractivity contribution in [1.29, 1.82) is 0 Å². The number of methoxy groups -OCH3 is 2. The molecule has 2 N–H and O–H groups in total. The van der Waals surface area contributed by atoms with Gasteiger partial charge in [-0.1, -0.05) is 6.07 Å². The first kappa shape index (κ1) is 20.7. The minimum absolute atomic E-state index is 0.0296. The van der Waals surface area contributed by atoms with E-state index in [2.05, 4.69) is 38.4 Å². The number of hydrogen-bond donors (Lipinski definition) is 2. The van der Waals surface area contributed by atoms with Gasteiger partial charge in [0.25, 0.3) is 5.91 Å². The fourth-order valence-corrected chi connectivity index (χ4v) is 2.75. The van der Waals surface area contributed by atoms with Crippen LogP contribution in [0.15, 0.2) is 47.6 Å². The van der Waals surface area contributed by atoms with Gasteiger partial charge >= 0.3 is 0 Å². The number of hydrogen-bond acceptors (Lipinski definition) is 5. The number of nitrogens with zero attached hydrogens (tertiary/aromatic N) is 1. The Kier molecular flexibility index (Phi) is 7.59. The standard InChI is InChI=1S/C19H20IN3O4/c1-12(22-23-19(25)13-5-4-6-14(20)10-13)9-18(24)21-16-8-7-15(26-2)11-17(16)27-3/h4-8,10-11H,9H2,1-3H3,(H,21,24)(H,23,25)/b22-12+. The fraction of sp³-hybridized carbons (Fsp3) is 0.211. The number of hydrazone groups is 1. The molecule has 0 saturated heterocycles. The predicted molar refractivity (Wildman–Crippen MR) is 113 cm³/mol. The van der Waals surface area contributed by atoms with Gasteiger partial charge in [-0.15, -0.1) is 0 Å². The van der Waals surface area contributed by atoms with Gasteiger partial charge in [0.2, 0.25) is 5.91 Å². The van der Waals surface area contributed by atoms with Gasteiger partial charge in [-0.05, 0) is 59.8 Å². The molecule has 2 rings (SSSR count). The number of amides is 2. The molecule has 0 saturated carbocycles. The van der Waals surface area contributed by atoms with Crippen molar-refractivity contribution >= 4 is 45.8 Å². The van der Waals surface area contributed by atoms with Gasteiger partial charge < -0.3 is 14.8 Å². The van der Waals surface area contributed by atoms with E-state index in [9.17, 15) is 9.59 Å². The average molecular weight is 481 g/mol. The zero-order valence-corrected chi connectivity index (χ0v) is 17.4. The van der Waals surface area contributed by atoms with Crippen LogP contribution in [0.1, 0.15) is 23.7 Å². The monoisotopic (exact) mass is 481 g/mol. The highest BCUT2D eigenvalue weighted by molar-refractivity contribution is 14.1. The minimum Gasteiger partial charge on any atom is -0.497 e. The van der Waals surface area contributed by atoms with Crippen LogP contribution in [0.5, 0.6) is 11.5 Å². The molecule has 0 bridgehead atoms. The Morgan fingerprint density at radius 3 is 2.56 bits per heavy atom. The van der Waals surface area contributed by atoms with Crippen molar-refractivity contribution in [3.8, 4) is 11.5 Å². The second-order valence-corrected chi connectivity index (χ2v) is 6.84. The van der Waals surface area contributed by atoms with Gasteiger partial charge in [0.05, 0.1) is 26.3 Å². The van der Waals surface area contributed by atoms with Crippen LogP contribution in [0.3, 0.4) is 0 Å². The summed E-state index contributed by atoms with van der Waals surface area (Å²) in [4.78, 5) is 24.3. The van der Waals surface area contributed by atoms with Crippen molar-refractivity contribution in [1.82, 2.24) is 5.43 Å². The van der Waals surface area contributed by atoms with Gasteiger partial charge in [0.15, 0.2) is 0 Å². The lowest BCUT2D eigenvalue weighted by Crippen LogP contribution is -2.21. The van der Waals surface area contributed by atoms with Crippen LogP contribution < -0.4 is 20.2 Å². The Morgan fingerprint density at radius 1 is 1.11 bits per heavy atom. The number of anilines is 1. The molecule has 142 valence electrons. The summed E-state index contributed by atoms with van der Waals surface area (Å²) in [6.45, 7) is 1.67. The quantitative estimate of drug-likeness (QED) is 0.360. The molecular weight excluding hydrogens is 461 g/mol. The van der Waals surface area contributed by atoms with Gasteiger partial charge in [0.1, 0.15) is 11.5 Å². The van der Waals surface area contributed by atoms with Gasteiger partial charge in [-0.2, -0.15) is 5.10 Å². The third kappa shape index (κ3) is 6.24. The smallest absolute Gasteiger partial charge is 0.271 e. The summed E-state index contributed by atoms with van der Waals surface area (Å²) in [6.07, 6.45) is 0.0296. The summed E-state index contributed by atoms with van der Waals surface area (Å²) >= 11 is 2.13. The second kappa shape index (κ2) is 9.91. The molecule has 2 aromatic carbocycles. The molecule has 0 aromatic heterocycles. The van der Waals surface area contributed by atoms with Gasteiger partial charge in [-0.25, -0.2) is 5.43 Å². The van der Waals surface area contributed by atoms with E-state index in [0.29, 0.717) is 28.5 Å². The van der Waals surface area contributed by atoms with Crippen LogP contribution >= 0.6 is 22.6 Å². The zero-order chi connectivity index (χ0) is 19.8. The topological polar surface area (TPSA) is 89.0 Å². The van der Waals surface area contributed by atoms with Crippen molar-refractivity contribution < 1.29 is 19.1 Å². The molecule has 8 heteroatoms. The van der Waals surface area contributed by atoms with Gasteiger partial charge in [-0.3, -0.25) is 9.59 Å². The number of nitrogens with one attached hydrogen (secondary N) is 2.